The lowest BCUT2D eigenvalue weighted by atomic mass is 10.1. The highest BCUT2D eigenvalue weighted by molar-refractivity contribution is 6.05. The molecule has 2 aromatic carbocycles. The Morgan fingerprint density at radius 3 is 2.84 bits per heavy atom. The highest BCUT2D eigenvalue weighted by atomic mass is 16.3. The molecule has 3 aromatic rings. The quantitative estimate of drug-likeness (QED) is 0.780. The molecular weight excluding hydrogens is 318 g/mol. The first kappa shape index (κ1) is 15.4. The van der Waals surface area contributed by atoms with Gasteiger partial charge in [0.05, 0.1) is 0 Å². The third-order valence-electron chi connectivity index (χ3n) is 4.37. The van der Waals surface area contributed by atoms with Crippen LogP contribution in [0.4, 0.5) is 11.4 Å². The number of rotatable bonds is 2. The maximum Gasteiger partial charge on any atom is 0.255 e. The summed E-state index contributed by atoms with van der Waals surface area (Å²) in [7, 11) is 0. The molecular formula is C19H17N3O3. The molecule has 4 rings (SSSR count). The molecule has 6 nitrogen and oxygen atoms in total. The van der Waals surface area contributed by atoms with Crippen molar-refractivity contribution in [3.8, 4) is 0 Å². The molecule has 1 N–H and O–H groups in total. The maximum atomic E-state index is 12.5. The summed E-state index contributed by atoms with van der Waals surface area (Å²) in [6, 6.07) is 10.8. The second-order valence-electron chi connectivity index (χ2n) is 6.13. The van der Waals surface area contributed by atoms with Crippen molar-refractivity contribution in [2.45, 2.75) is 20.3 Å². The van der Waals surface area contributed by atoms with Gasteiger partial charge in [0.1, 0.15) is 5.52 Å². The standard InChI is InChI=1S/C19H17N3O3/c1-11-20-16-10-15(4-6-18(16)25-11)21-19(24)14-3-5-17-13(9-14)7-8-22(17)12(2)23/h3-6,9-10H,7-8H2,1-2H3,(H,21,24). The van der Waals surface area contributed by atoms with Gasteiger partial charge in [0, 0.05) is 37.3 Å². The summed E-state index contributed by atoms with van der Waals surface area (Å²) in [5, 5.41) is 2.88. The zero-order chi connectivity index (χ0) is 17.6. The van der Waals surface area contributed by atoms with Crippen LogP contribution in [0.15, 0.2) is 40.8 Å². The number of benzene rings is 2. The smallest absolute Gasteiger partial charge is 0.255 e. The predicted molar refractivity (Wildman–Crippen MR) is 94.9 cm³/mol. The van der Waals surface area contributed by atoms with E-state index in [-0.39, 0.29) is 11.8 Å². The molecule has 1 aliphatic heterocycles. The third kappa shape index (κ3) is 2.76. The number of aryl methyl sites for hydroxylation is 1. The van der Waals surface area contributed by atoms with Gasteiger partial charge in [0.2, 0.25) is 5.91 Å². The van der Waals surface area contributed by atoms with Gasteiger partial charge < -0.3 is 14.6 Å². The Kier molecular flexibility index (Phi) is 3.53. The first-order valence-electron chi connectivity index (χ1n) is 8.11. The normalized spacial score (nSPS) is 13.1. The zero-order valence-electron chi connectivity index (χ0n) is 14.0. The molecule has 1 aromatic heterocycles. The van der Waals surface area contributed by atoms with Gasteiger partial charge in [0.15, 0.2) is 11.5 Å². The molecule has 1 aliphatic rings. The van der Waals surface area contributed by atoms with Gasteiger partial charge in [-0.25, -0.2) is 4.98 Å². The minimum Gasteiger partial charge on any atom is -0.441 e. The van der Waals surface area contributed by atoms with Crippen molar-refractivity contribution in [2.24, 2.45) is 0 Å². The molecule has 0 spiro atoms. The van der Waals surface area contributed by atoms with Crippen molar-refractivity contribution in [1.82, 2.24) is 4.98 Å². The fourth-order valence-electron chi connectivity index (χ4n) is 3.19. The summed E-state index contributed by atoms with van der Waals surface area (Å²) in [5.74, 6) is 0.419. The summed E-state index contributed by atoms with van der Waals surface area (Å²) in [5.41, 5.74) is 4.55. The van der Waals surface area contributed by atoms with Crippen LogP contribution in [-0.2, 0) is 11.2 Å². The van der Waals surface area contributed by atoms with Crippen molar-refractivity contribution in [3.05, 3.63) is 53.4 Å². The highest BCUT2D eigenvalue weighted by Crippen LogP contribution is 2.29. The Balaban J connectivity index is 1.57. The molecule has 0 atom stereocenters. The van der Waals surface area contributed by atoms with Gasteiger partial charge in [-0.05, 0) is 48.4 Å². The second-order valence-corrected chi connectivity index (χ2v) is 6.13. The molecule has 126 valence electrons. The van der Waals surface area contributed by atoms with Crippen molar-refractivity contribution in [2.75, 3.05) is 16.8 Å². The molecule has 0 saturated carbocycles. The molecule has 0 radical (unpaired) electrons. The van der Waals surface area contributed by atoms with Crippen LogP contribution in [0, 0.1) is 6.92 Å². The number of hydrogen-bond acceptors (Lipinski definition) is 4. The molecule has 0 bridgehead atoms. The summed E-state index contributed by atoms with van der Waals surface area (Å²) < 4.78 is 5.44. The number of carbonyl (C=O) groups is 2. The van der Waals surface area contributed by atoms with Crippen LogP contribution in [-0.4, -0.2) is 23.3 Å². The van der Waals surface area contributed by atoms with E-state index in [1.165, 1.54) is 0 Å². The summed E-state index contributed by atoms with van der Waals surface area (Å²) in [4.78, 5) is 30.2. The molecule has 0 unspecified atom stereocenters. The minimum absolute atomic E-state index is 0.0205. The van der Waals surface area contributed by atoms with Crippen molar-refractivity contribution in [1.29, 1.82) is 0 Å². The number of nitrogens with zero attached hydrogens (tertiary/aromatic N) is 2. The number of hydrogen-bond donors (Lipinski definition) is 1. The van der Waals surface area contributed by atoms with Gasteiger partial charge in [-0.2, -0.15) is 0 Å². The van der Waals surface area contributed by atoms with E-state index in [0.29, 0.717) is 34.8 Å². The van der Waals surface area contributed by atoms with E-state index in [1.807, 2.05) is 12.1 Å². The fraction of sp³-hybridized carbons (Fsp3) is 0.211. The number of carbonyl (C=O) groups excluding carboxylic acids is 2. The molecule has 0 saturated heterocycles. The van der Waals surface area contributed by atoms with Crippen LogP contribution < -0.4 is 10.2 Å². The first-order valence-corrected chi connectivity index (χ1v) is 8.11. The topological polar surface area (TPSA) is 75.4 Å². The van der Waals surface area contributed by atoms with Gasteiger partial charge >= 0.3 is 0 Å². The van der Waals surface area contributed by atoms with Crippen LogP contribution in [0.1, 0.15) is 28.7 Å². The Labute approximate surface area is 144 Å². The third-order valence-corrected chi connectivity index (χ3v) is 4.37. The van der Waals surface area contributed by atoms with Crippen LogP contribution >= 0.6 is 0 Å². The maximum absolute atomic E-state index is 12.5. The van der Waals surface area contributed by atoms with Crippen molar-refractivity contribution in [3.63, 3.8) is 0 Å². The number of fused-ring (bicyclic) bond motifs is 2. The Morgan fingerprint density at radius 2 is 2.04 bits per heavy atom. The van der Waals surface area contributed by atoms with Crippen molar-refractivity contribution < 1.29 is 14.0 Å². The number of amides is 2. The fourth-order valence-corrected chi connectivity index (χ4v) is 3.19. The van der Waals surface area contributed by atoms with Crippen LogP contribution in [0.25, 0.3) is 11.1 Å². The summed E-state index contributed by atoms with van der Waals surface area (Å²) >= 11 is 0. The van der Waals surface area contributed by atoms with Crippen molar-refractivity contribution >= 4 is 34.3 Å². The SMILES string of the molecule is CC(=O)N1CCc2cc(C(=O)Nc3ccc4oc(C)nc4c3)ccc21. The van der Waals surface area contributed by atoms with Crippen LogP contribution in [0.5, 0.6) is 0 Å². The monoisotopic (exact) mass is 335 g/mol. The second kappa shape index (κ2) is 5.73. The van der Waals surface area contributed by atoms with Gasteiger partial charge in [-0.1, -0.05) is 0 Å². The molecule has 25 heavy (non-hydrogen) atoms. The van der Waals surface area contributed by atoms with E-state index < -0.39 is 0 Å². The van der Waals surface area contributed by atoms with E-state index in [0.717, 1.165) is 17.7 Å². The lowest BCUT2D eigenvalue weighted by Gasteiger charge is -2.14. The van der Waals surface area contributed by atoms with E-state index in [2.05, 4.69) is 10.3 Å². The lowest BCUT2D eigenvalue weighted by Crippen LogP contribution is -2.25. The average molecular weight is 335 g/mol. The van der Waals surface area contributed by atoms with Gasteiger partial charge in [0.25, 0.3) is 5.91 Å². The molecule has 6 heteroatoms. The van der Waals surface area contributed by atoms with Crippen LogP contribution in [0.3, 0.4) is 0 Å². The van der Waals surface area contributed by atoms with E-state index in [4.69, 9.17) is 4.42 Å². The largest absolute Gasteiger partial charge is 0.441 e. The minimum atomic E-state index is -0.191. The first-order chi connectivity index (χ1) is 12.0. The zero-order valence-corrected chi connectivity index (χ0v) is 14.0. The highest BCUT2D eigenvalue weighted by Gasteiger charge is 2.23. The molecule has 0 fully saturated rings. The summed E-state index contributed by atoms with van der Waals surface area (Å²) in [6.07, 6.45) is 0.764. The summed E-state index contributed by atoms with van der Waals surface area (Å²) in [6.45, 7) is 4.00. The lowest BCUT2D eigenvalue weighted by molar-refractivity contribution is -0.116. The number of nitrogens with one attached hydrogen (secondary N) is 1. The van der Waals surface area contributed by atoms with Gasteiger partial charge in [-0.15, -0.1) is 0 Å². The van der Waals surface area contributed by atoms with E-state index >= 15 is 0 Å². The van der Waals surface area contributed by atoms with Crippen LogP contribution in [0.2, 0.25) is 0 Å². The van der Waals surface area contributed by atoms with E-state index in [9.17, 15) is 9.59 Å². The Bertz CT molecular complexity index is 1010. The Morgan fingerprint density at radius 1 is 1.20 bits per heavy atom. The number of oxazole rings is 1. The van der Waals surface area contributed by atoms with E-state index in [1.54, 1.807) is 43.0 Å². The molecule has 0 aliphatic carbocycles. The Hall–Kier alpha value is -3.15. The number of anilines is 2. The molecule has 2 amide bonds. The van der Waals surface area contributed by atoms with Gasteiger partial charge in [-0.3, -0.25) is 9.59 Å². The predicted octanol–water partition coefficient (Wildman–Crippen LogP) is 3.30. The average Bonchev–Trinajstić information content (AvgIpc) is 3.15. The number of aromatic nitrogens is 1. The molecule has 2 heterocycles.